The Kier molecular flexibility index (Phi) is 6.93. The summed E-state index contributed by atoms with van der Waals surface area (Å²) in [5, 5.41) is 17.7. The summed E-state index contributed by atoms with van der Waals surface area (Å²) in [7, 11) is 0. The second kappa shape index (κ2) is 8.24. The summed E-state index contributed by atoms with van der Waals surface area (Å²) in [5.74, 6) is -0.305. The maximum Gasteiger partial charge on any atom is 0.348 e. The first kappa shape index (κ1) is 15.1. The molecule has 1 heterocycles. The first-order chi connectivity index (χ1) is 8.67. The van der Waals surface area contributed by atoms with Gasteiger partial charge in [0.15, 0.2) is 0 Å². The van der Waals surface area contributed by atoms with Gasteiger partial charge in [0.1, 0.15) is 4.88 Å². The average Bonchev–Trinajstić information content (AvgIpc) is 2.83. The van der Waals surface area contributed by atoms with Gasteiger partial charge in [0.25, 0.3) is 0 Å². The molecule has 1 unspecified atom stereocenters. The molecule has 102 valence electrons. The van der Waals surface area contributed by atoms with E-state index < -0.39 is 6.10 Å². The molecule has 1 aromatic rings. The maximum absolute atomic E-state index is 11.7. The lowest BCUT2D eigenvalue weighted by Crippen LogP contribution is -2.13. The fourth-order valence-corrected chi connectivity index (χ4v) is 2.52. The molecule has 0 saturated heterocycles. The van der Waals surface area contributed by atoms with Crippen molar-refractivity contribution >= 4 is 17.3 Å². The van der Waals surface area contributed by atoms with Crippen LogP contribution in [0.25, 0.3) is 0 Å². The van der Waals surface area contributed by atoms with Gasteiger partial charge in [-0.1, -0.05) is 13.3 Å². The highest BCUT2D eigenvalue weighted by atomic mass is 32.1. The van der Waals surface area contributed by atoms with Crippen molar-refractivity contribution in [2.45, 2.75) is 38.7 Å². The standard InChI is InChI=1S/C13H20O4S/c1-2-4-11-6-7-12(18-11)13(16)17-8-3-5-10(15)9-14/h6-7,10,14-15H,2-5,8-9H2,1H3. The molecule has 1 rings (SSSR count). The summed E-state index contributed by atoms with van der Waals surface area (Å²) in [6.45, 7) is 2.13. The minimum absolute atomic E-state index is 0.251. The molecule has 5 heteroatoms. The number of hydrogen-bond donors (Lipinski definition) is 2. The molecule has 18 heavy (non-hydrogen) atoms. The lowest BCUT2D eigenvalue weighted by atomic mass is 10.2. The normalized spacial score (nSPS) is 12.4. The molecule has 0 radical (unpaired) electrons. The Morgan fingerprint density at radius 3 is 2.94 bits per heavy atom. The van der Waals surface area contributed by atoms with Gasteiger partial charge in [-0.15, -0.1) is 11.3 Å². The topological polar surface area (TPSA) is 66.8 Å². The molecule has 0 amide bonds. The van der Waals surface area contributed by atoms with Crippen LogP contribution in [0.4, 0.5) is 0 Å². The number of rotatable bonds is 8. The first-order valence-electron chi connectivity index (χ1n) is 6.22. The average molecular weight is 272 g/mol. The van der Waals surface area contributed by atoms with Crippen LogP contribution >= 0.6 is 11.3 Å². The number of hydrogen-bond acceptors (Lipinski definition) is 5. The van der Waals surface area contributed by atoms with Crippen molar-refractivity contribution in [2.75, 3.05) is 13.2 Å². The van der Waals surface area contributed by atoms with E-state index in [4.69, 9.17) is 14.9 Å². The van der Waals surface area contributed by atoms with Gasteiger partial charge in [-0.25, -0.2) is 4.79 Å². The fourth-order valence-electron chi connectivity index (χ4n) is 1.51. The summed E-state index contributed by atoms with van der Waals surface area (Å²) in [6.07, 6.45) is 2.33. The lowest BCUT2D eigenvalue weighted by Gasteiger charge is -2.06. The molecular weight excluding hydrogens is 252 g/mol. The van der Waals surface area contributed by atoms with Crippen molar-refractivity contribution in [2.24, 2.45) is 0 Å². The summed E-state index contributed by atoms with van der Waals surface area (Å²) in [6, 6.07) is 3.75. The third kappa shape index (κ3) is 5.16. The van der Waals surface area contributed by atoms with Gasteiger partial charge in [-0.2, -0.15) is 0 Å². The van der Waals surface area contributed by atoms with Crippen molar-refractivity contribution in [3.63, 3.8) is 0 Å². The summed E-state index contributed by atoms with van der Waals surface area (Å²) < 4.78 is 5.09. The molecule has 1 atom stereocenters. The predicted molar refractivity (Wildman–Crippen MR) is 70.9 cm³/mol. The number of esters is 1. The van der Waals surface area contributed by atoms with Crippen LogP contribution in [-0.2, 0) is 11.2 Å². The first-order valence-corrected chi connectivity index (χ1v) is 7.03. The molecule has 0 aliphatic rings. The van der Waals surface area contributed by atoms with E-state index in [9.17, 15) is 4.79 Å². The Labute approximate surface area is 111 Å². The minimum Gasteiger partial charge on any atom is -0.462 e. The number of carbonyl (C=O) groups is 1. The molecule has 0 bridgehead atoms. The van der Waals surface area contributed by atoms with E-state index in [0.717, 1.165) is 12.8 Å². The fraction of sp³-hybridized carbons (Fsp3) is 0.615. The largest absolute Gasteiger partial charge is 0.462 e. The van der Waals surface area contributed by atoms with Gasteiger partial charge < -0.3 is 14.9 Å². The van der Waals surface area contributed by atoms with E-state index in [1.807, 2.05) is 6.07 Å². The molecule has 0 aliphatic heterocycles. The molecular formula is C13H20O4S. The van der Waals surface area contributed by atoms with Crippen LogP contribution in [0.1, 0.15) is 40.7 Å². The van der Waals surface area contributed by atoms with Crippen molar-refractivity contribution in [3.8, 4) is 0 Å². The lowest BCUT2D eigenvalue weighted by molar-refractivity contribution is 0.0451. The van der Waals surface area contributed by atoms with Gasteiger partial charge in [-0.3, -0.25) is 0 Å². The van der Waals surface area contributed by atoms with Crippen LogP contribution in [0, 0.1) is 0 Å². The highest BCUT2D eigenvalue weighted by Gasteiger charge is 2.10. The number of aliphatic hydroxyl groups excluding tert-OH is 2. The van der Waals surface area contributed by atoms with E-state index in [-0.39, 0.29) is 19.2 Å². The Morgan fingerprint density at radius 2 is 2.28 bits per heavy atom. The Morgan fingerprint density at radius 1 is 1.50 bits per heavy atom. The van der Waals surface area contributed by atoms with Crippen LogP contribution < -0.4 is 0 Å². The SMILES string of the molecule is CCCc1ccc(C(=O)OCCCC(O)CO)s1. The van der Waals surface area contributed by atoms with E-state index >= 15 is 0 Å². The molecule has 2 N–H and O–H groups in total. The summed E-state index contributed by atoms with van der Waals surface area (Å²) in [4.78, 5) is 13.5. The predicted octanol–water partition coefficient (Wildman–Crippen LogP) is 1.99. The molecule has 0 spiro atoms. The van der Waals surface area contributed by atoms with Gasteiger partial charge in [0, 0.05) is 4.88 Å². The molecule has 0 fully saturated rings. The second-order valence-corrected chi connectivity index (χ2v) is 5.30. The van der Waals surface area contributed by atoms with Crippen molar-refractivity contribution in [1.29, 1.82) is 0 Å². The van der Waals surface area contributed by atoms with Crippen molar-refractivity contribution in [3.05, 3.63) is 21.9 Å². The molecule has 4 nitrogen and oxygen atoms in total. The van der Waals surface area contributed by atoms with Crippen LogP contribution in [0.5, 0.6) is 0 Å². The van der Waals surface area contributed by atoms with Crippen LogP contribution in [0.2, 0.25) is 0 Å². The summed E-state index contributed by atoms with van der Waals surface area (Å²) in [5.41, 5.74) is 0. The van der Waals surface area contributed by atoms with E-state index in [1.54, 1.807) is 6.07 Å². The number of aliphatic hydroxyl groups is 2. The molecule has 0 saturated carbocycles. The quantitative estimate of drug-likeness (QED) is 0.561. The van der Waals surface area contributed by atoms with Crippen molar-refractivity contribution in [1.82, 2.24) is 0 Å². The Hall–Kier alpha value is -0.910. The summed E-state index contributed by atoms with van der Waals surface area (Å²) >= 11 is 1.47. The maximum atomic E-state index is 11.7. The number of carbonyl (C=O) groups excluding carboxylic acids is 1. The van der Waals surface area contributed by atoms with Crippen LogP contribution in [0.15, 0.2) is 12.1 Å². The van der Waals surface area contributed by atoms with Gasteiger partial charge in [0.2, 0.25) is 0 Å². The number of aryl methyl sites for hydroxylation is 1. The van der Waals surface area contributed by atoms with Gasteiger partial charge in [0.05, 0.1) is 19.3 Å². The molecule has 0 aromatic carbocycles. The van der Waals surface area contributed by atoms with E-state index in [0.29, 0.717) is 17.7 Å². The monoisotopic (exact) mass is 272 g/mol. The third-order valence-electron chi connectivity index (χ3n) is 2.48. The zero-order chi connectivity index (χ0) is 13.4. The van der Waals surface area contributed by atoms with Gasteiger partial charge >= 0.3 is 5.97 Å². The second-order valence-electron chi connectivity index (χ2n) is 4.13. The van der Waals surface area contributed by atoms with E-state index in [1.165, 1.54) is 16.2 Å². The minimum atomic E-state index is -0.721. The highest BCUT2D eigenvalue weighted by molar-refractivity contribution is 7.13. The van der Waals surface area contributed by atoms with Gasteiger partial charge in [-0.05, 0) is 31.4 Å². The molecule has 1 aromatic heterocycles. The van der Waals surface area contributed by atoms with E-state index in [2.05, 4.69) is 6.92 Å². The molecule has 0 aliphatic carbocycles. The highest BCUT2D eigenvalue weighted by Crippen LogP contribution is 2.19. The number of thiophene rings is 1. The van der Waals surface area contributed by atoms with Crippen molar-refractivity contribution < 1.29 is 19.7 Å². The third-order valence-corrected chi connectivity index (χ3v) is 3.61. The van der Waals surface area contributed by atoms with Crippen LogP contribution in [-0.4, -0.2) is 35.5 Å². The zero-order valence-corrected chi connectivity index (χ0v) is 11.4. The van der Waals surface area contributed by atoms with Crippen LogP contribution in [0.3, 0.4) is 0 Å². The Balaban J connectivity index is 2.27. The Bertz CT molecular complexity index is 362. The zero-order valence-electron chi connectivity index (χ0n) is 10.6. The number of ether oxygens (including phenoxy) is 1. The smallest absolute Gasteiger partial charge is 0.348 e.